The van der Waals surface area contributed by atoms with Crippen LogP contribution in [-0.4, -0.2) is 34.9 Å². The van der Waals surface area contributed by atoms with Crippen LogP contribution in [0.4, 0.5) is 0 Å². The summed E-state index contributed by atoms with van der Waals surface area (Å²) in [7, 11) is 0. The number of hydrogen-bond acceptors (Lipinski definition) is 5. The summed E-state index contributed by atoms with van der Waals surface area (Å²) in [6, 6.07) is 8.60. The summed E-state index contributed by atoms with van der Waals surface area (Å²) in [6.45, 7) is 2.34. The lowest BCUT2D eigenvalue weighted by atomic mass is 9.77. The fraction of sp³-hybridized carbons (Fsp3) is 0.346. The Labute approximate surface area is 184 Å². The summed E-state index contributed by atoms with van der Waals surface area (Å²) in [5, 5.41) is 15.8. The van der Waals surface area contributed by atoms with Gasteiger partial charge in [0.05, 0.1) is 12.7 Å². The van der Waals surface area contributed by atoms with Crippen molar-refractivity contribution in [2.75, 3.05) is 6.54 Å². The molecule has 1 fully saturated rings. The monoisotopic (exact) mass is 418 g/mol. The summed E-state index contributed by atoms with van der Waals surface area (Å²) in [6.07, 6.45) is 18.7. The zero-order valence-corrected chi connectivity index (χ0v) is 18.0. The predicted octanol–water partition coefficient (Wildman–Crippen LogP) is 5.26. The van der Waals surface area contributed by atoms with Crippen LogP contribution in [-0.2, 0) is 15.0 Å². The Hall–Kier alpha value is -3.21. The average Bonchev–Trinajstić information content (AvgIpc) is 3.10. The molecule has 0 radical (unpaired) electrons. The van der Waals surface area contributed by atoms with Crippen LogP contribution in [0.25, 0.3) is 5.57 Å². The second kappa shape index (κ2) is 10.7. The first-order chi connectivity index (χ1) is 15.1. The second-order valence-electron chi connectivity index (χ2n) is 8.09. The summed E-state index contributed by atoms with van der Waals surface area (Å²) >= 11 is 0. The molecule has 1 saturated carbocycles. The SMILES string of the molecule is CC/C(C=O)=N\N(/C=C(/O)C=O)CC1(c2cccc(C3=CC=CCC=C3)c2)CCCC1. The van der Waals surface area contributed by atoms with Crippen molar-refractivity contribution in [3.63, 3.8) is 0 Å². The zero-order valence-electron chi connectivity index (χ0n) is 18.0. The van der Waals surface area contributed by atoms with Gasteiger partial charge >= 0.3 is 0 Å². The van der Waals surface area contributed by atoms with E-state index in [-0.39, 0.29) is 5.41 Å². The molecular formula is C26H30N2O3. The van der Waals surface area contributed by atoms with Crippen molar-refractivity contribution >= 4 is 23.9 Å². The van der Waals surface area contributed by atoms with Crippen LogP contribution in [0.2, 0.25) is 0 Å². The van der Waals surface area contributed by atoms with Crippen molar-refractivity contribution < 1.29 is 14.7 Å². The van der Waals surface area contributed by atoms with E-state index >= 15 is 0 Å². The van der Waals surface area contributed by atoms with E-state index in [1.807, 2.05) is 6.92 Å². The van der Waals surface area contributed by atoms with Gasteiger partial charge in [0.25, 0.3) is 0 Å². The van der Waals surface area contributed by atoms with E-state index in [4.69, 9.17) is 0 Å². The Balaban J connectivity index is 1.99. The van der Waals surface area contributed by atoms with Gasteiger partial charge in [-0.2, -0.15) is 5.10 Å². The molecule has 0 unspecified atom stereocenters. The van der Waals surface area contributed by atoms with Gasteiger partial charge in [0.15, 0.2) is 18.3 Å². The molecule has 0 atom stereocenters. The molecule has 0 saturated heterocycles. The van der Waals surface area contributed by atoms with Crippen LogP contribution in [0.3, 0.4) is 0 Å². The Morgan fingerprint density at radius 3 is 2.71 bits per heavy atom. The molecule has 31 heavy (non-hydrogen) atoms. The number of nitrogens with zero attached hydrogens (tertiary/aromatic N) is 2. The van der Waals surface area contributed by atoms with E-state index in [9.17, 15) is 14.7 Å². The minimum absolute atomic E-state index is 0.175. The molecule has 2 aliphatic rings. The Kier molecular flexibility index (Phi) is 7.76. The van der Waals surface area contributed by atoms with E-state index in [0.717, 1.165) is 44.0 Å². The molecule has 0 amide bonds. The lowest BCUT2D eigenvalue weighted by Crippen LogP contribution is -2.35. The van der Waals surface area contributed by atoms with Crippen LogP contribution in [0, 0.1) is 0 Å². The minimum atomic E-state index is -0.410. The van der Waals surface area contributed by atoms with Crippen molar-refractivity contribution in [3.8, 4) is 0 Å². The molecule has 0 bridgehead atoms. The minimum Gasteiger partial charge on any atom is -0.504 e. The van der Waals surface area contributed by atoms with Crippen LogP contribution in [0.5, 0.6) is 0 Å². The largest absolute Gasteiger partial charge is 0.504 e. The molecule has 162 valence electrons. The highest BCUT2D eigenvalue weighted by atomic mass is 16.3. The van der Waals surface area contributed by atoms with Gasteiger partial charge in [-0.05, 0) is 42.4 Å². The molecule has 0 heterocycles. The number of hydrazone groups is 1. The van der Waals surface area contributed by atoms with Crippen molar-refractivity contribution in [2.45, 2.75) is 50.9 Å². The topological polar surface area (TPSA) is 70.0 Å². The van der Waals surface area contributed by atoms with Crippen LogP contribution < -0.4 is 0 Å². The van der Waals surface area contributed by atoms with E-state index in [1.165, 1.54) is 17.3 Å². The van der Waals surface area contributed by atoms with Crippen molar-refractivity contribution in [2.24, 2.45) is 5.10 Å². The number of allylic oxidation sites excluding steroid dienone is 7. The fourth-order valence-electron chi connectivity index (χ4n) is 4.34. The summed E-state index contributed by atoms with van der Waals surface area (Å²) in [5.41, 5.74) is 3.75. The normalized spacial score (nSPS) is 18.4. The highest BCUT2D eigenvalue weighted by Crippen LogP contribution is 2.42. The van der Waals surface area contributed by atoms with Gasteiger partial charge in [-0.3, -0.25) is 14.6 Å². The number of hydrogen-bond donors (Lipinski definition) is 1. The Bertz CT molecular complexity index is 947. The van der Waals surface area contributed by atoms with Gasteiger partial charge in [-0.15, -0.1) is 0 Å². The summed E-state index contributed by atoms with van der Waals surface area (Å²) in [5.74, 6) is -0.410. The highest BCUT2D eigenvalue weighted by molar-refractivity contribution is 6.28. The van der Waals surface area contributed by atoms with Crippen molar-refractivity contribution in [1.82, 2.24) is 5.01 Å². The van der Waals surface area contributed by atoms with Crippen molar-refractivity contribution in [1.29, 1.82) is 0 Å². The summed E-state index contributed by atoms with van der Waals surface area (Å²) < 4.78 is 0. The van der Waals surface area contributed by atoms with Crippen LogP contribution in [0.1, 0.15) is 56.6 Å². The lowest BCUT2D eigenvalue weighted by molar-refractivity contribution is -0.107. The van der Waals surface area contributed by atoms with Gasteiger partial charge in [-0.1, -0.05) is 74.4 Å². The summed E-state index contributed by atoms with van der Waals surface area (Å²) in [4.78, 5) is 22.4. The maximum atomic E-state index is 11.3. The van der Waals surface area contributed by atoms with Gasteiger partial charge < -0.3 is 5.11 Å². The molecule has 3 rings (SSSR count). The molecular weight excluding hydrogens is 388 g/mol. The van der Waals surface area contributed by atoms with Gasteiger partial charge in [0, 0.05) is 5.41 Å². The van der Waals surface area contributed by atoms with E-state index in [0.29, 0.717) is 25.0 Å². The third kappa shape index (κ3) is 5.69. The van der Waals surface area contributed by atoms with E-state index in [2.05, 4.69) is 59.7 Å². The maximum Gasteiger partial charge on any atom is 0.186 e. The van der Waals surface area contributed by atoms with Gasteiger partial charge in [0.1, 0.15) is 5.71 Å². The molecule has 1 N–H and O–H groups in total. The first-order valence-corrected chi connectivity index (χ1v) is 10.9. The first-order valence-electron chi connectivity index (χ1n) is 10.9. The quantitative estimate of drug-likeness (QED) is 0.195. The number of carbonyl (C=O) groups is 2. The average molecular weight is 419 g/mol. The standard InChI is InChI=1S/C26H30N2O3/c1-2-24(18-29)27-28(17-25(31)19-30)20-26(14-7-8-15-26)23-13-9-12-22(16-23)21-10-5-3-4-6-11-21/h3,5-6,9-13,16-19,31H,2,4,7-8,14-15,20H2,1H3/b25-17+,27-24+. The first kappa shape index (κ1) is 22.5. The zero-order chi connectivity index (χ0) is 22.1. The molecule has 0 aliphatic heterocycles. The number of benzene rings is 1. The third-order valence-corrected chi connectivity index (χ3v) is 5.97. The maximum absolute atomic E-state index is 11.3. The number of aliphatic hydroxyl groups is 1. The molecule has 0 aromatic heterocycles. The van der Waals surface area contributed by atoms with Crippen molar-refractivity contribution in [3.05, 3.63) is 77.7 Å². The van der Waals surface area contributed by atoms with E-state index in [1.54, 1.807) is 5.01 Å². The molecule has 0 spiro atoms. The highest BCUT2D eigenvalue weighted by Gasteiger charge is 2.37. The Morgan fingerprint density at radius 2 is 2.00 bits per heavy atom. The van der Waals surface area contributed by atoms with Crippen LogP contribution >= 0.6 is 0 Å². The number of carbonyl (C=O) groups excluding carboxylic acids is 2. The van der Waals surface area contributed by atoms with Crippen LogP contribution in [0.15, 0.2) is 71.7 Å². The number of aldehydes is 2. The van der Waals surface area contributed by atoms with E-state index < -0.39 is 5.76 Å². The van der Waals surface area contributed by atoms with Gasteiger partial charge in [-0.25, -0.2) is 0 Å². The molecule has 2 aliphatic carbocycles. The molecule has 5 heteroatoms. The fourth-order valence-corrected chi connectivity index (χ4v) is 4.34. The second-order valence-corrected chi connectivity index (χ2v) is 8.09. The molecule has 1 aromatic carbocycles. The molecule has 1 aromatic rings. The number of rotatable bonds is 9. The third-order valence-electron chi connectivity index (χ3n) is 5.97. The smallest absolute Gasteiger partial charge is 0.186 e. The predicted molar refractivity (Wildman–Crippen MR) is 125 cm³/mol. The molecule has 5 nitrogen and oxygen atoms in total. The lowest BCUT2D eigenvalue weighted by Gasteiger charge is -2.34. The van der Waals surface area contributed by atoms with Gasteiger partial charge in [0.2, 0.25) is 0 Å². The Morgan fingerprint density at radius 1 is 1.19 bits per heavy atom. The number of aliphatic hydroxyl groups excluding tert-OH is 1.